The molecule has 1 unspecified atom stereocenters. The molecule has 104 valence electrons. The SMILES string of the molecule is CC(=O)CCC(OCc1ccccc1)c1ccccc1. The molecule has 2 rings (SSSR count). The standard InChI is InChI=1S/C18H20O2/c1-15(19)12-13-18(17-10-6-3-7-11-17)20-14-16-8-4-2-5-9-16/h2-11,18H,12-14H2,1H3. The van der Waals surface area contributed by atoms with Crippen LogP contribution in [-0.4, -0.2) is 5.78 Å². The maximum Gasteiger partial charge on any atom is 0.129 e. The van der Waals surface area contributed by atoms with Crippen LogP contribution >= 0.6 is 0 Å². The Hall–Kier alpha value is -1.93. The van der Waals surface area contributed by atoms with Gasteiger partial charge in [0.1, 0.15) is 5.78 Å². The molecular weight excluding hydrogens is 248 g/mol. The fourth-order valence-electron chi connectivity index (χ4n) is 2.12. The quantitative estimate of drug-likeness (QED) is 0.747. The lowest BCUT2D eigenvalue weighted by molar-refractivity contribution is -0.117. The van der Waals surface area contributed by atoms with Gasteiger partial charge >= 0.3 is 0 Å². The monoisotopic (exact) mass is 268 g/mol. The summed E-state index contributed by atoms with van der Waals surface area (Å²) >= 11 is 0. The van der Waals surface area contributed by atoms with Crippen molar-refractivity contribution in [3.05, 3.63) is 71.8 Å². The zero-order valence-corrected chi connectivity index (χ0v) is 11.8. The summed E-state index contributed by atoms with van der Waals surface area (Å²) in [4.78, 5) is 11.2. The van der Waals surface area contributed by atoms with Crippen molar-refractivity contribution in [3.63, 3.8) is 0 Å². The van der Waals surface area contributed by atoms with Gasteiger partial charge in [0.05, 0.1) is 12.7 Å². The Bertz CT molecular complexity index is 520. The molecule has 0 saturated carbocycles. The van der Waals surface area contributed by atoms with Crippen LogP contribution in [0.2, 0.25) is 0 Å². The zero-order chi connectivity index (χ0) is 14.2. The van der Waals surface area contributed by atoms with Crippen molar-refractivity contribution in [1.29, 1.82) is 0 Å². The van der Waals surface area contributed by atoms with E-state index in [1.54, 1.807) is 6.92 Å². The fraction of sp³-hybridized carbons (Fsp3) is 0.278. The van der Waals surface area contributed by atoms with Crippen LogP contribution in [0.25, 0.3) is 0 Å². The fourth-order valence-corrected chi connectivity index (χ4v) is 2.12. The highest BCUT2D eigenvalue weighted by atomic mass is 16.5. The van der Waals surface area contributed by atoms with Gasteiger partial charge in [-0.15, -0.1) is 0 Å². The topological polar surface area (TPSA) is 26.3 Å². The summed E-state index contributed by atoms with van der Waals surface area (Å²) in [5.74, 6) is 0.203. The third kappa shape index (κ3) is 4.63. The Balaban J connectivity index is 2.01. The molecule has 0 amide bonds. The first-order valence-electron chi connectivity index (χ1n) is 6.95. The number of rotatable bonds is 7. The minimum Gasteiger partial charge on any atom is -0.369 e. The van der Waals surface area contributed by atoms with Crippen LogP contribution < -0.4 is 0 Å². The van der Waals surface area contributed by atoms with Gasteiger partial charge in [-0.1, -0.05) is 60.7 Å². The predicted molar refractivity (Wildman–Crippen MR) is 80.3 cm³/mol. The molecule has 0 aliphatic rings. The Kier molecular flexibility index (Phi) is 5.51. The number of ketones is 1. The summed E-state index contributed by atoms with van der Waals surface area (Å²) in [6, 6.07) is 20.2. The van der Waals surface area contributed by atoms with Gasteiger partial charge in [-0.3, -0.25) is 0 Å². The molecule has 2 nitrogen and oxygen atoms in total. The Morgan fingerprint density at radius 1 is 1.00 bits per heavy atom. The predicted octanol–water partition coefficient (Wildman–Crippen LogP) is 4.31. The first-order chi connectivity index (χ1) is 9.75. The Labute approximate surface area is 120 Å². The number of carbonyl (C=O) groups is 1. The lowest BCUT2D eigenvalue weighted by atomic mass is 10.0. The lowest BCUT2D eigenvalue weighted by Crippen LogP contribution is -2.06. The molecule has 0 saturated heterocycles. The second-order valence-electron chi connectivity index (χ2n) is 4.94. The van der Waals surface area contributed by atoms with Gasteiger partial charge in [0, 0.05) is 6.42 Å². The van der Waals surface area contributed by atoms with E-state index in [2.05, 4.69) is 12.1 Å². The summed E-state index contributed by atoms with van der Waals surface area (Å²) in [5.41, 5.74) is 2.28. The maximum atomic E-state index is 11.2. The second-order valence-corrected chi connectivity index (χ2v) is 4.94. The molecule has 2 aromatic carbocycles. The molecule has 0 heterocycles. The van der Waals surface area contributed by atoms with E-state index >= 15 is 0 Å². The largest absolute Gasteiger partial charge is 0.369 e. The number of carbonyl (C=O) groups excluding carboxylic acids is 1. The smallest absolute Gasteiger partial charge is 0.129 e. The summed E-state index contributed by atoms with van der Waals surface area (Å²) < 4.78 is 6.01. The van der Waals surface area contributed by atoms with Crippen LogP contribution in [-0.2, 0) is 16.1 Å². The molecule has 0 radical (unpaired) electrons. The molecule has 2 aromatic rings. The molecule has 0 aliphatic heterocycles. The number of hydrogen-bond acceptors (Lipinski definition) is 2. The Morgan fingerprint density at radius 3 is 2.20 bits per heavy atom. The number of ether oxygens (including phenoxy) is 1. The van der Waals surface area contributed by atoms with Crippen LogP contribution in [0, 0.1) is 0 Å². The number of benzene rings is 2. The first kappa shape index (κ1) is 14.5. The van der Waals surface area contributed by atoms with Gasteiger partial charge in [-0.05, 0) is 24.5 Å². The molecule has 0 aromatic heterocycles. The lowest BCUT2D eigenvalue weighted by Gasteiger charge is -2.18. The van der Waals surface area contributed by atoms with Crippen molar-refractivity contribution in [1.82, 2.24) is 0 Å². The average molecular weight is 268 g/mol. The maximum absolute atomic E-state index is 11.2. The zero-order valence-electron chi connectivity index (χ0n) is 11.8. The van der Waals surface area contributed by atoms with Crippen molar-refractivity contribution < 1.29 is 9.53 Å². The molecule has 1 atom stereocenters. The van der Waals surface area contributed by atoms with Crippen LogP contribution in [0.3, 0.4) is 0 Å². The van der Waals surface area contributed by atoms with Gasteiger partial charge in [-0.2, -0.15) is 0 Å². The third-order valence-corrected chi connectivity index (χ3v) is 3.22. The highest BCUT2D eigenvalue weighted by Gasteiger charge is 2.12. The van der Waals surface area contributed by atoms with E-state index in [1.807, 2.05) is 48.5 Å². The number of Topliss-reactive ketones (excluding diaryl/α,β-unsaturated/α-hetero) is 1. The van der Waals surface area contributed by atoms with Crippen molar-refractivity contribution in [2.24, 2.45) is 0 Å². The molecule has 0 fully saturated rings. The average Bonchev–Trinajstić information content (AvgIpc) is 2.49. The molecule has 0 aliphatic carbocycles. The van der Waals surface area contributed by atoms with Crippen molar-refractivity contribution >= 4 is 5.78 Å². The third-order valence-electron chi connectivity index (χ3n) is 3.22. The summed E-state index contributed by atoms with van der Waals surface area (Å²) in [7, 11) is 0. The van der Waals surface area contributed by atoms with Gasteiger partial charge in [0.15, 0.2) is 0 Å². The Morgan fingerprint density at radius 2 is 1.60 bits per heavy atom. The summed E-state index contributed by atoms with van der Waals surface area (Å²) in [5, 5.41) is 0. The normalized spacial score (nSPS) is 12.1. The number of hydrogen-bond donors (Lipinski definition) is 0. The van der Waals surface area contributed by atoms with E-state index in [-0.39, 0.29) is 11.9 Å². The van der Waals surface area contributed by atoms with E-state index in [1.165, 1.54) is 0 Å². The van der Waals surface area contributed by atoms with E-state index < -0.39 is 0 Å². The van der Waals surface area contributed by atoms with Crippen LogP contribution in [0.4, 0.5) is 0 Å². The molecule has 20 heavy (non-hydrogen) atoms. The summed E-state index contributed by atoms with van der Waals surface area (Å²) in [6.07, 6.45) is 1.25. The minimum atomic E-state index is -0.0275. The van der Waals surface area contributed by atoms with Crippen LogP contribution in [0.5, 0.6) is 0 Å². The summed E-state index contributed by atoms with van der Waals surface area (Å²) in [6.45, 7) is 2.19. The molecule has 2 heteroatoms. The van der Waals surface area contributed by atoms with E-state index in [4.69, 9.17) is 4.74 Å². The van der Waals surface area contributed by atoms with E-state index in [9.17, 15) is 4.79 Å². The second kappa shape index (κ2) is 7.61. The highest BCUT2D eigenvalue weighted by Crippen LogP contribution is 2.24. The van der Waals surface area contributed by atoms with E-state index in [0.29, 0.717) is 13.0 Å². The van der Waals surface area contributed by atoms with Crippen molar-refractivity contribution in [2.45, 2.75) is 32.5 Å². The first-order valence-corrected chi connectivity index (χ1v) is 6.95. The highest BCUT2D eigenvalue weighted by molar-refractivity contribution is 5.75. The molecule has 0 bridgehead atoms. The molecule has 0 spiro atoms. The van der Waals surface area contributed by atoms with Crippen molar-refractivity contribution in [2.75, 3.05) is 0 Å². The van der Waals surface area contributed by atoms with Gasteiger partial charge in [0.2, 0.25) is 0 Å². The van der Waals surface area contributed by atoms with Crippen LogP contribution in [0.1, 0.15) is 37.0 Å². The van der Waals surface area contributed by atoms with Gasteiger partial charge in [0.25, 0.3) is 0 Å². The molecular formula is C18H20O2. The minimum absolute atomic E-state index is 0.0275. The molecule has 0 N–H and O–H groups in total. The van der Waals surface area contributed by atoms with Gasteiger partial charge < -0.3 is 9.53 Å². The van der Waals surface area contributed by atoms with E-state index in [0.717, 1.165) is 17.5 Å². The van der Waals surface area contributed by atoms with Crippen molar-refractivity contribution in [3.8, 4) is 0 Å². The van der Waals surface area contributed by atoms with Crippen LogP contribution in [0.15, 0.2) is 60.7 Å². The van der Waals surface area contributed by atoms with Gasteiger partial charge in [-0.25, -0.2) is 0 Å².